The summed E-state index contributed by atoms with van der Waals surface area (Å²) in [6.07, 6.45) is 2.43. The van der Waals surface area contributed by atoms with Crippen LogP contribution >= 0.6 is 15.9 Å². The molecule has 4 unspecified atom stereocenters. The summed E-state index contributed by atoms with van der Waals surface area (Å²) in [5.41, 5.74) is 7.66. The van der Waals surface area contributed by atoms with Crippen molar-refractivity contribution < 1.29 is 4.74 Å². The second kappa shape index (κ2) is 5.12. The van der Waals surface area contributed by atoms with Gasteiger partial charge >= 0.3 is 0 Å². The van der Waals surface area contributed by atoms with Crippen LogP contribution in [0.25, 0.3) is 0 Å². The van der Waals surface area contributed by atoms with Gasteiger partial charge in [-0.1, -0.05) is 6.07 Å². The molecule has 0 aromatic heterocycles. The number of rotatable bonds is 2. The lowest BCUT2D eigenvalue weighted by Gasteiger charge is -2.52. The molecule has 19 heavy (non-hydrogen) atoms. The average Bonchev–Trinajstić information content (AvgIpc) is 2.44. The number of halogens is 1. The molecule has 3 rings (SSSR count). The number of hydrogen-bond donors (Lipinski definition) is 2. The fraction of sp³-hybridized carbons (Fsp3) is 0.500. The zero-order valence-corrected chi connectivity index (χ0v) is 12.1. The van der Waals surface area contributed by atoms with E-state index >= 15 is 0 Å². The van der Waals surface area contributed by atoms with E-state index in [1.54, 1.807) is 0 Å². The number of benzene rings is 1. The predicted molar refractivity (Wildman–Crippen MR) is 76.7 cm³/mol. The largest absolute Gasteiger partial charge is 0.377 e. The molecule has 0 spiro atoms. The Hall–Kier alpha value is -1.09. The number of nitrogens with zero attached hydrogens (tertiary/aromatic N) is 1. The van der Waals surface area contributed by atoms with Gasteiger partial charge in [0.05, 0.1) is 23.4 Å². The second-order valence-corrected chi connectivity index (χ2v) is 6.02. The average molecular weight is 322 g/mol. The number of ether oxygens (including phenoxy) is 1. The van der Waals surface area contributed by atoms with Gasteiger partial charge in [-0.05, 0) is 40.9 Å². The van der Waals surface area contributed by atoms with E-state index in [4.69, 9.17) is 10.5 Å². The Morgan fingerprint density at radius 2 is 2.32 bits per heavy atom. The van der Waals surface area contributed by atoms with E-state index < -0.39 is 0 Å². The zero-order valence-electron chi connectivity index (χ0n) is 10.5. The third kappa shape index (κ3) is 2.14. The van der Waals surface area contributed by atoms with Crippen LogP contribution in [0.3, 0.4) is 0 Å². The first-order valence-electron chi connectivity index (χ1n) is 6.54. The number of nitrogens with one attached hydrogen (secondary N) is 1. The molecule has 1 aliphatic carbocycles. The zero-order chi connectivity index (χ0) is 13.4. The van der Waals surface area contributed by atoms with Crippen LogP contribution in [0.4, 0.5) is 5.69 Å². The molecule has 1 aliphatic heterocycles. The Morgan fingerprint density at radius 1 is 1.47 bits per heavy atom. The highest BCUT2D eigenvalue weighted by Crippen LogP contribution is 2.39. The molecule has 3 N–H and O–H groups in total. The Morgan fingerprint density at radius 3 is 3.11 bits per heavy atom. The Balaban J connectivity index is 1.79. The molecule has 0 radical (unpaired) electrons. The lowest BCUT2D eigenvalue weighted by atomic mass is 9.68. The molecule has 100 valence electrons. The van der Waals surface area contributed by atoms with E-state index in [1.807, 2.05) is 18.2 Å². The Kier molecular flexibility index (Phi) is 3.48. The van der Waals surface area contributed by atoms with Crippen LogP contribution < -0.4 is 11.1 Å². The quantitative estimate of drug-likeness (QED) is 0.876. The molecule has 0 bridgehead atoms. The van der Waals surface area contributed by atoms with E-state index in [9.17, 15) is 5.26 Å². The van der Waals surface area contributed by atoms with Crippen LogP contribution in [-0.4, -0.2) is 24.8 Å². The minimum absolute atomic E-state index is 0.103. The first-order valence-corrected chi connectivity index (χ1v) is 7.34. The van der Waals surface area contributed by atoms with Crippen LogP contribution in [0.2, 0.25) is 0 Å². The maximum Gasteiger partial charge on any atom is 0.103 e. The molecule has 4 nitrogen and oxygen atoms in total. The van der Waals surface area contributed by atoms with Crippen molar-refractivity contribution in [2.24, 2.45) is 11.7 Å². The molecular formula is C14H16BrN3O. The summed E-state index contributed by atoms with van der Waals surface area (Å²) in [6, 6.07) is 8.11. The lowest BCUT2D eigenvalue weighted by molar-refractivity contribution is -0.104. The molecule has 4 atom stereocenters. The van der Waals surface area contributed by atoms with Gasteiger partial charge in [0.15, 0.2) is 0 Å². The van der Waals surface area contributed by atoms with Crippen molar-refractivity contribution in [2.75, 3.05) is 11.9 Å². The predicted octanol–water partition coefficient (Wildman–Crippen LogP) is 2.24. The minimum atomic E-state index is 0.103. The first-order chi connectivity index (χ1) is 9.22. The highest BCUT2D eigenvalue weighted by molar-refractivity contribution is 9.10. The van der Waals surface area contributed by atoms with Crippen LogP contribution in [0.5, 0.6) is 0 Å². The summed E-state index contributed by atoms with van der Waals surface area (Å²) in [7, 11) is 0. The molecule has 1 saturated heterocycles. The van der Waals surface area contributed by atoms with Crippen molar-refractivity contribution in [2.45, 2.75) is 31.0 Å². The van der Waals surface area contributed by atoms with Gasteiger partial charge in [-0.3, -0.25) is 0 Å². The van der Waals surface area contributed by atoms with Crippen LogP contribution in [0, 0.1) is 17.2 Å². The highest BCUT2D eigenvalue weighted by atomic mass is 79.9. The van der Waals surface area contributed by atoms with Crippen molar-refractivity contribution in [3.63, 3.8) is 0 Å². The van der Waals surface area contributed by atoms with E-state index in [2.05, 4.69) is 27.3 Å². The highest BCUT2D eigenvalue weighted by Gasteiger charge is 2.50. The number of hydrogen-bond acceptors (Lipinski definition) is 4. The monoisotopic (exact) mass is 321 g/mol. The molecule has 1 saturated carbocycles. The summed E-state index contributed by atoms with van der Waals surface area (Å²) >= 11 is 3.40. The van der Waals surface area contributed by atoms with Crippen molar-refractivity contribution in [1.29, 1.82) is 5.26 Å². The minimum Gasteiger partial charge on any atom is -0.377 e. The van der Waals surface area contributed by atoms with Crippen LogP contribution in [0.15, 0.2) is 22.7 Å². The maximum atomic E-state index is 9.22. The summed E-state index contributed by atoms with van der Waals surface area (Å²) in [4.78, 5) is 0. The molecule has 1 heterocycles. The van der Waals surface area contributed by atoms with Crippen molar-refractivity contribution in [3.05, 3.63) is 28.2 Å². The van der Waals surface area contributed by atoms with Gasteiger partial charge in [0.1, 0.15) is 6.07 Å². The smallest absolute Gasteiger partial charge is 0.103 e. The maximum absolute atomic E-state index is 9.22. The fourth-order valence-electron chi connectivity index (χ4n) is 3.06. The molecule has 0 amide bonds. The first kappa shape index (κ1) is 12.9. The Labute approximate surface area is 121 Å². The summed E-state index contributed by atoms with van der Waals surface area (Å²) < 4.78 is 6.60. The summed E-state index contributed by atoms with van der Waals surface area (Å²) in [5.74, 6) is 0.462. The number of fused-ring (bicyclic) bond motifs is 1. The molecule has 1 aromatic rings. The van der Waals surface area contributed by atoms with Gasteiger partial charge in [-0.2, -0.15) is 5.26 Å². The summed E-state index contributed by atoms with van der Waals surface area (Å²) in [5, 5.41) is 12.6. The third-order valence-electron chi connectivity index (χ3n) is 4.12. The molecular weight excluding hydrogens is 306 g/mol. The SMILES string of the molecule is N#Cc1c(Br)cccc1NC1C(N)C2CCCOC21. The number of nitrogens with two attached hydrogens (primary N) is 1. The van der Waals surface area contributed by atoms with Crippen LogP contribution in [0.1, 0.15) is 18.4 Å². The standard InChI is InChI=1S/C14H16BrN3O/c15-10-4-1-5-11(9(10)7-16)18-13-12(17)8-3-2-6-19-14(8)13/h1,4-5,8,12-14,18H,2-3,6,17H2. The summed E-state index contributed by atoms with van der Waals surface area (Å²) in [6.45, 7) is 0.815. The van der Waals surface area contributed by atoms with Gasteiger partial charge < -0.3 is 15.8 Å². The molecule has 5 heteroatoms. The normalized spacial score (nSPS) is 32.9. The Bertz CT molecular complexity index is 528. The third-order valence-corrected chi connectivity index (χ3v) is 4.79. The van der Waals surface area contributed by atoms with Gasteiger partial charge in [-0.25, -0.2) is 0 Å². The molecule has 2 fully saturated rings. The molecule has 1 aromatic carbocycles. The van der Waals surface area contributed by atoms with Gasteiger partial charge in [0.2, 0.25) is 0 Å². The van der Waals surface area contributed by atoms with E-state index in [0.29, 0.717) is 11.5 Å². The van der Waals surface area contributed by atoms with Gasteiger partial charge in [-0.15, -0.1) is 0 Å². The number of nitriles is 1. The van der Waals surface area contributed by atoms with Crippen molar-refractivity contribution in [1.82, 2.24) is 0 Å². The topological polar surface area (TPSA) is 71.1 Å². The number of anilines is 1. The van der Waals surface area contributed by atoms with Crippen LogP contribution in [-0.2, 0) is 4.74 Å². The van der Waals surface area contributed by atoms with E-state index in [0.717, 1.165) is 29.6 Å². The second-order valence-electron chi connectivity index (χ2n) is 5.16. The van der Waals surface area contributed by atoms with Crippen molar-refractivity contribution >= 4 is 21.6 Å². The molecule has 2 aliphatic rings. The van der Waals surface area contributed by atoms with E-state index in [-0.39, 0.29) is 18.2 Å². The van der Waals surface area contributed by atoms with Crippen molar-refractivity contribution in [3.8, 4) is 6.07 Å². The van der Waals surface area contributed by atoms with E-state index in [1.165, 1.54) is 0 Å². The van der Waals surface area contributed by atoms with Gasteiger partial charge in [0, 0.05) is 23.0 Å². The fourth-order valence-corrected chi connectivity index (χ4v) is 3.52. The van der Waals surface area contributed by atoms with Gasteiger partial charge in [0.25, 0.3) is 0 Å². The lowest BCUT2D eigenvalue weighted by Crippen LogP contribution is -2.69.